The second-order valence-corrected chi connectivity index (χ2v) is 4.07. The number of aryl methyl sites for hydroxylation is 1. The maximum atomic E-state index is 10.4. The molecule has 17 heavy (non-hydrogen) atoms. The van der Waals surface area contributed by atoms with Gasteiger partial charge in [-0.05, 0) is 12.0 Å². The molecular formula is C13H16N2O2. The Kier molecular flexibility index (Phi) is 3.15. The van der Waals surface area contributed by atoms with E-state index < -0.39 is 5.72 Å². The van der Waals surface area contributed by atoms with Crippen LogP contribution in [0.1, 0.15) is 24.5 Å². The fraction of sp³-hybridized carbons (Fsp3) is 0.308. The van der Waals surface area contributed by atoms with Crippen molar-refractivity contribution in [1.29, 1.82) is 0 Å². The smallest absolute Gasteiger partial charge is 0.209 e. The average Bonchev–Trinajstić information content (AvgIpc) is 2.30. The minimum Gasteiger partial charge on any atom is -0.495 e. The molecule has 4 heteroatoms. The molecule has 90 valence electrons. The molecule has 0 fully saturated rings. The number of aliphatic hydroxyl groups excluding tert-OH is 1. The fourth-order valence-corrected chi connectivity index (χ4v) is 1.98. The number of hydrogen-bond acceptors (Lipinski definition) is 4. The Morgan fingerprint density at radius 3 is 2.82 bits per heavy atom. The van der Waals surface area contributed by atoms with Gasteiger partial charge in [0.25, 0.3) is 0 Å². The van der Waals surface area contributed by atoms with E-state index in [2.05, 4.69) is 17.2 Å². The molecule has 0 aromatic heterocycles. The Balaban J connectivity index is 2.45. The van der Waals surface area contributed by atoms with Crippen LogP contribution in [0.25, 0.3) is 0 Å². The van der Waals surface area contributed by atoms with E-state index in [4.69, 9.17) is 0 Å². The highest BCUT2D eigenvalue weighted by atomic mass is 16.3. The van der Waals surface area contributed by atoms with Gasteiger partial charge in [-0.1, -0.05) is 37.6 Å². The van der Waals surface area contributed by atoms with Gasteiger partial charge in [-0.3, -0.25) is 0 Å². The number of hydrogen-bond donors (Lipinski definition) is 3. The summed E-state index contributed by atoms with van der Waals surface area (Å²) in [5, 5.41) is 22.4. The van der Waals surface area contributed by atoms with Crippen LogP contribution in [0.5, 0.6) is 0 Å². The molecule has 3 N–H and O–H groups in total. The number of aliphatic hydroxyl groups is 2. The van der Waals surface area contributed by atoms with Crippen LogP contribution in [0.3, 0.4) is 0 Å². The van der Waals surface area contributed by atoms with E-state index in [1.54, 1.807) is 0 Å². The zero-order chi connectivity index (χ0) is 12.3. The van der Waals surface area contributed by atoms with E-state index in [0.717, 1.165) is 18.4 Å². The van der Waals surface area contributed by atoms with Gasteiger partial charge in [0, 0.05) is 11.6 Å². The van der Waals surface area contributed by atoms with Gasteiger partial charge >= 0.3 is 0 Å². The molecule has 0 amide bonds. The summed E-state index contributed by atoms with van der Waals surface area (Å²) in [4.78, 5) is 4.01. The van der Waals surface area contributed by atoms with Crippen molar-refractivity contribution in [1.82, 2.24) is 5.32 Å². The van der Waals surface area contributed by atoms with Crippen molar-refractivity contribution in [2.24, 2.45) is 4.99 Å². The van der Waals surface area contributed by atoms with Crippen LogP contribution < -0.4 is 5.32 Å². The second kappa shape index (κ2) is 4.59. The van der Waals surface area contributed by atoms with E-state index in [1.807, 2.05) is 24.3 Å². The maximum Gasteiger partial charge on any atom is 0.209 e. The monoisotopic (exact) mass is 232 g/mol. The topological polar surface area (TPSA) is 64.8 Å². The molecule has 1 unspecified atom stereocenters. The summed E-state index contributed by atoms with van der Waals surface area (Å²) in [7, 11) is 0. The van der Waals surface area contributed by atoms with Gasteiger partial charge in [-0.15, -0.1) is 0 Å². The lowest BCUT2D eigenvalue weighted by Gasteiger charge is -2.25. The lowest BCUT2D eigenvalue weighted by molar-refractivity contribution is 0.0913. The van der Waals surface area contributed by atoms with Gasteiger partial charge in [-0.2, -0.15) is 0 Å². The molecular weight excluding hydrogens is 216 g/mol. The van der Waals surface area contributed by atoms with Crippen LogP contribution in [-0.4, -0.2) is 16.6 Å². The van der Waals surface area contributed by atoms with Crippen LogP contribution in [0, 0.1) is 0 Å². The first-order chi connectivity index (χ1) is 8.15. The molecule has 0 saturated heterocycles. The molecule has 1 aromatic carbocycles. The molecule has 1 atom stereocenters. The normalized spacial score (nSPS) is 23.1. The molecule has 0 saturated carbocycles. The summed E-state index contributed by atoms with van der Waals surface area (Å²) in [6.07, 6.45) is 4.47. The molecule has 1 heterocycles. The minimum absolute atomic E-state index is 0.0891. The van der Waals surface area contributed by atoms with Crippen molar-refractivity contribution >= 4 is 6.34 Å². The van der Waals surface area contributed by atoms with Gasteiger partial charge in [0.2, 0.25) is 5.72 Å². The van der Waals surface area contributed by atoms with E-state index in [9.17, 15) is 10.2 Å². The molecule has 0 radical (unpaired) electrons. The Bertz CT molecular complexity index is 468. The fourth-order valence-electron chi connectivity index (χ4n) is 1.98. The van der Waals surface area contributed by atoms with Crippen LogP contribution in [0.2, 0.25) is 0 Å². The average molecular weight is 232 g/mol. The number of rotatable bonds is 3. The third kappa shape index (κ3) is 2.31. The van der Waals surface area contributed by atoms with Crippen molar-refractivity contribution in [2.75, 3.05) is 0 Å². The number of benzene rings is 1. The number of nitrogens with one attached hydrogen (secondary N) is 1. The molecule has 2 rings (SSSR count). The third-order valence-electron chi connectivity index (χ3n) is 2.74. The van der Waals surface area contributed by atoms with Crippen LogP contribution in [0.15, 0.2) is 41.2 Å². The standard InChI is InChI=1S/C13H16N2O2/c1-2-5-10-6-3-4-7-11(10)13(17)8-12(16)14-9-15-13/h3-4,6-9,16-17H,2,5H2,1H3,(H,14,15). The van der Waals surface area contributed by atoms with Gasteiger partial charge in [-0.25, -0.2) is 4.99 Å². The zero-order valence-corrected chi connectivity index (χ0v) is 9.72. The Labute approximate surface area is 100 Å². The van der Waals surface area contributed by atoms with Gasteiger partial charge in [0.05, 0.1) is 6.34 Å². The first kappa shape index (κ1) is 11.7. The van der Waals surface area contributed by atoms with E-state index in [-0.39, 0.29) is 5.88 Å². The van der Waals surface area contributed by atoms with Crippen LogP contribution in [-0.2, 0) is 12.1 Å². The highest BCUT2D eigenvalue weighted by Crippen LogP contribution is 2.29. The predicted molar refractivity (Wildman–Crippen MR) is 66.7 cm³/mol. The van der Waals surface area contributed by atoms with Gasteiger partial charge < -0.3 is 15.5 Å². The summed E-state index contributed by atoms with van der Waals surface area (Å²) in [6.45, 7) is 2.08. The van der Waals surface area contributed by atoms with Crippen LogP contribution in [0.4, 0.5) is 0 Å². The van der Waals surface area contributed by atoms with Crippen LogP contribution >= 0.6 is 0 Å². The van der Waals surface area contributed by atoms with Gasteiger partial charge in [0.1, 0.15) is 0 Å². The Morgan fingerprint density at radius 1 is 1.35 bits per heavy atom. The van der Waals surface area contributed by atoms with Crippen molar-refractivity contribution < 1.29 is 10.2 Å². The summed E-state index contributed by atoms with van der Waals surface area (Å²) in [5.41, 5.74) is 0.285. The minimum atomic E-state index is -1.47. The summed E-state index contributed by atoms with van der Waals surface area (Å²) in [6, 6.07) is 7.60. The van der Waals surface area contributed by atoms with Crippen molar-refractivity contribution in [3.63, 3.8) is 0 Å². The quantitative estimate of drug-likeness (QED) is 0.744. The first-order valence-corrected chi connectivity index (χ1v) is 5.68. The molecule has 4 nitrogen and oxygen atoms in total. The lowest BCUT2D eigenvalue weighted by Crippen LogP contribution is -2.30. The highest BCUT2D eigenvalue weighted by molar-refractivity contribution is 5.60. The summed E-state index contributed by atoms with van der Waals surface area (Å²) >= 11 is 0. The predicted octanol–water partition coefficient (Wildman–Crippen LogP) is 1.82. The zero-order valence-electron chi connectivity index (χ0n) is 9.72. The lowest BCUT2D eigenvalue weighted by atomic mass is 9.94. The van der Waals surface area contributed by atoms with E-state index in [1.165, 1.54) is 12.4 Å². The molecule has 1 aliphatic heterocycles. The Hall–Kier alpha value is -1.81. The summed E-state index contributed by atoms with van der Waals surface area (Å²) < 4.78 is 0. The van der Waals surface area contributed by atoms with Crippen molar-refractivity contribution in [2.45, 2.75) is 25.5 Å². The van der Waals surface area contributed by atoms with E-state index >= 15 is 0 Å². The van der Waals surface area contributed by atoms with E-state index in [0.29, 0.717) is 5.56 Å². The van der Waals surface area contributed by atoms with Gasteiger partial charge in [0.15, 0.2) is 5.88 Å². The molecule has 0 spiro atoms. The molecule has 0 bridgehead atoms. The number of aliphatic imine (C=N–C) groups is 1. The molecule has 1 aliphatic rings. The number of nitrogens with zero attached hydrogens (tertiary/aromatic N) is 1. The Morgan fingerprint density at radius 2 is 2.12 bits per heavy atom. The second-order valence-electron chi connectivity index (χ2n) is 4.07. The highest BCUT2D eigenvalue weighted by Gasteiger charge is 2.30. The van der Waals surface area contributed by atoms with Crippen molar-refractivity contribution in [3.8, 4) is 0 Å². The molecule has 1 aromatic rings. The van der Waals surface area contributed by atoms with Crippen molar-refractivity contribution in [3.05, 3.63) is 47.4 Å². The molecule has 0 aliphatic carbocycles. The SMILES string of the molecule is CCCc1ccccc1C1(O)C=C(O)NC=N1. The summed E-state index contributed by atoms with van der Waals surface area (Å²) in [5.74, 6) is -0.0891. The largest absolute Gasteiger partial charge is 0.495 e. The first-order valence-electron chi connectivity index (χ1n) is 5.68. The maximum absolute atomic E-state index is 10.4. The third-order valence-corrected chi connectivity index (χ3v) is 2.74.